The van der Waals surface area contributed by atoms with E-state index in [9.17, 15) is 4.79 Å². The summed E-state index contributed by atoms with van der Waals surface area (Å²) in [5.41, 5.74) is 1.34. The molecule has 4 rings (SSSR count). The van der Waals surface area contributed by atoms with E-state index in [0.717, 1.165) is 36.9 Å². The number of halogens is 1. The Morgan fingerprint density at radius 2 is 2.04 bits per heavy atom. The molecule has 1 aliphatic heterocycles. The first-order chi connectivity index (χ1) is 10.8. The van der Waals surface area contributed by atoms with Crippen LogP contribution in [0.5, 0.6) is 0 Å². The molecule has 3 fully saturated rings. The molecule has 0 radical (unpaired) electrons. The Morgan fingerprint density at radius 1 is 1.26 bits per heavy atom. The molecule has 2 heterocycles. The minimum Gasteiger partial charge on any atom is -0.381 e. The maximum absolute atomic E-state index is 12.3. The zero-order chi connectivity index (χ0) is 14.9. The van der Waals surface area contributed by atoms with Crippen molar-refractivity contribution in [3.63, 3.8) is 0 Å². The highest BCUT2D eigenvalue weighted by Gasteiger charge is 2.39. The van der Waals surface area contributed by atoms with Crippen molar-refractivity contribution in [2.24, 2.45) is 5.92 Å². The lowest BCUT2D eigenvalue weighted by molar-refractivity contribution is 0.0698. The number of hydrogen-bond acceptors (Lipinski definition) is 4. The quantitative estimate of drug-likeness (QED) is 0.824. The molecular weight excluding hydrogens is 332 g/mol. The van der Waals surface area contributed by atoms with Crippen molar-refractivity contribution in [2.45, 2.75) is 50.1 Å². The van der Waals surface area contributed by atoms with Gasteiger partial charge in [-0.15, -0.1) is 23.7 Å². The second-order valence-corrected chi connectivity index (χ2v) is 7.82. The van der Waals surface area contributed by atoms with Crippen LogP contribution in [0.4, 0.5) is 0 Å². The monoisotopic (exact) mass is 356 g/mol. The largest absolute Gasteiger partial charge is 0.381 e. The predicted octanol–water partition coefficient (Wildman–Crippen LogP) is 2.93. The first kappa shape index (κ1) is 17.2. The number of rotatable bonds is 6. The first-order valence-corrected chi connectivity index (χ1v) is 9.38. The topological polar surface area (TPSA) is 50.4 Å². The fourth-order valence-electron chi connectivity index (χ4n) is 3.19. The Hall–Kier alpha value is -0.620. The van der Waals surface area contributed by atoms with E-state index in [4.69, 9.17) is 4.74 Å². The third-order valence-corrected chi connectivity index (χ3v) is 5.93. The van der Waals surface area contributed by atoms with Gasteiger partial charge in [0.1, 0.15) is 0 Å². The van der Waals surface area contributed by atoms with Gasteiger partial charge in [0, 0.05) is 31.2 Å². The van der Waals surface area contributed by atoms with Gasteiger partial charge < -0.3 is 15.4 Å². The van der Waals surface area contributed by atoms with Crippen LogP contribution in [0, 0.1) is 5.92 Å². The summed E-state index contributed by atoms with van der Waals surface area (Å²) in [6.45, 7) is 2.70. The number of ether oxygens (including phenoxy) is 1. The summed E-state index contributed by atoms with van der Waals surface area (Å²) in [6.07, 6.45) is 5.89. The molecule has 1 saturated heterocycles. The number of hydrogen-bond donors (Lipinski definition) is 2. The molecule has 4 nitrogen and oxygen atoms in total. The van der Waals surface area contributed by atoms with Crippen molar-refractivity contribution in [3.05, 3.63) is 21.9 Å². The van der Waals surface area contributed by atoms with E-state index in [1.807, 2.05) is 0 Å². The average Bonchev–Trinajstić information content (AvgIpc) is 3.45. The van der Waals surface area contributed by atoms with Crippen LogP contribution in [0.3, 0.4) is 0 Å². The smallest absolute Gasteiger partial charge is 0.261 e. The summed E-state index contributed by atoms with van der Waals surface area (Å²) in [5.74, 6) is 1.65. The summed E-state index contributed by atoms with van der Waals surface area (Å²) in [5, 5.41) is 8.97. The Labute approximate surface area is 147 Å². The Morgan fingerprint density at radius 3 is 2.78 bits per heavy atom. The zero-order valence-corrected chi connectivity index (χ0v) is 14.9. The lowest BCUT2D eigenvalue weighted by Gasteiger charge is -2.22. The molecule has 2 atom stereocenters. The molecule has 0 spiro atoms. The Kier molecular flexibility index (Phi) is 5.62. The van der Waals surface area contributed by atoms with E-state index in [1.165, 1.54) is 31.4 Å². The zero-order valence-electron chi connectivity index (χ0n) is 13.3. The van der Waals surface area contributed by atoms with Gasteiger partial charge in [-0.25, -0.2) is 0 Å². The van der Waals surface area contributed by atoms with Crippen LogP contribution in [0.15, 0.2) is 11.4 Å². The van der Waals surface area contributed by atoms with E-state index < -0.39 is 0 Å². The van der Waals surface area contributed by atoms with Gasteiger partial charge in [-0.05, 0) is 61.6 Å². The molecule has 0 unspecified atom stereocenters. The molecule has 1 amide bonds. The van der Waals surface area contributed by atoms with Gasteiger partial charge in [0.25, 0.3) is 5.91 Å². The lowest BCUT2D eigenvalue weighted by Crippen LogP contribution is -2.38. The van der Waals surface area contributed by atoms with Crippen molar-refractivity contribution in [1.82, 2.24) is 10.6 Å². The van der Waals surface area contributed by atoms with Gasteiger partial charge in [0.2, 0.25) is 0 Å². The Balaban J connectivity index is 0.00000156. The molecule has 128 valence electrons. The summed E-state index contributed by atoms with van der Waals surface area (Å²) in [7, 11) is 0. The maximum Gasteiger partial charge on any atom is 0.261 e. The van der Waals surface area contributed by atoms with Crippen molar-refractivity contribution in [3.8, 4) is 0 Å². The highest BCUT2D eigenvalue weighted by atomic mass is 35.5. The summed E-state index contributed by atoms with van der Waals surface area (Å²) < 4.78 is 5.33. The number of carbonyl (C=O) groups excluding carboxylic acids is 1. The number of carbonyl (C=O) groups is 1. The summed E-state index contributed by atoms with van der Waals surface area (Å²) in [4.78, 5) is 13.2. The van der Waals surface area contributed by atoms with E-state index in [0.29, 0.717) is 12.0 Å². The van der Waals surface area contributed by atoms with Crippen LogP contribution >= 0.6 is 23.7 Å². The average molecular weight is 357 g/mol. The molecule has 1 aromatic heterocycles. The van der Waals surface area contributed by atoms with Crippen LogP contribution in [-0.2, 0) is 4.74 Å². The van der Waals surface area contributed by atoms with Gasteiger partial charge in [-0.3, -0.25) is 4.79 Å². The molecule has 3 aliphatic rings. The van der Waals surface area contributed by atoms with Gasteiger partial charge >= 0.3 is 0 Å². The molecule has 2 N–H and O–H groups in total. The minimum atomic E-state index is 0. The van der Waals surface area contributed by atoms with Crippen LogP contribution in [-0.4, -0.2) is 37.7 Å². The molecule has 23 heavy (non-hydrogen) atoms. The van der Waals surface area contributed by atoms with E-state index in [1.54, 1.807) is 11.3 Å². The first-order valence-electron chi connectivity index (χ1n) is 8.50. The number of nitrogens with one attached hydrogen (secondary N) is 2. The van der Waals surface area contributed by atoms with Crippen LogP contribution in [0.2, 0.25) is 0 Å². The van der Waals surface area contributed by atoms with Crippen molar-refractivity contribution in [2.75, 3.05) is 19.8 Å². The molecule has 2 aliphatic carbocycles. The van der Waals surface area contributed by atoms with Crippen molar-refractivity contribution < 1.29 is 9.53 Å². The Bertz CT molecular complexity index is 540. The van der Waals surface area contributed by atoms with Gasteiger partial charge in [-0.2, -0.15) is 0 Å². The predicted molar refractivity (Wildman–Crippen MR) is 94.7 cm³/mol. The standard InChI is InChI=1S/C17H24N2O2S.ClH/c20-17(19-13-3-5-21-6-4-13)16-7-12(10-22-16)14-8-15(14)18-9-11-1-2-11;/h7,10-11,13-15,18H,1-6,8-9H2,(H,19,20);1H/t14-,15+;/m0./s1. The van der Waals surface area contributed by atoms with E-state index in [-0.39, 0.29) is 24.4 Å². The van der Waals surface area contributed by atoms with Crippen LogP contribution in [0.25, 0.3) is 0 Å². The van der Waals surface area contributed by atoms with Gasteiger partial charge in [-0.1, -0.05) is 0 Å². The molecule has 0 aromatic carbocycles. The molecule has 6 heteroatoms. The van der Waals surface area contributed by atoms with Crippen molar-refractivity contribution >= 4 is 29.7 Å². The molecule has 2 saturated carbocycles. The molecule has 1 aromatic rings. The van der Waals surface area contributed by atoms with E-state index >= 15 is 0 Å². The second-order valence-electron chi connectivity index (χ2n) is 6.90. The summed E-state index contributed by atoms with van der Waals surface area (Å²) >= 11 is 1.58. The number of amides is 1. The fraction of sp³-hybridized carbons (Fsp3) is 0.706. The van der Waals surface area contributed by atoms with Gasteiger partial charge in [0.05, 0.1) is 4.88 Å². The molecular formula is C17H25ClN2O2S. The van der Waals surface area contributed by atoms with Crippen molar-refractivity contribution in [1.29, 1.82) is 0 Å². The minimum absolute atomic E-state index is 0. The third kappa shape index (κ3) is 4.47. The third-order valence-electron chi connectivity index (χ3n) is 4.98. The van der Waals surface area contributed by atoms with Crippen LogP contribution < -0.4 is 10.6 Å². The van der Waals surface area contributed by atoms with Crippen LogP contribution in [0.1, 0.15) is 53.3 Å². The SMILES string of the molecule is Cl.O=C(NC1CCOCC1)c1cc([C@@H]2C[C@H]2NCC2CC2)cs1. The highest BCUT2D eigenvalue weighted by Crippen LogP contribution is 2.43. The number of thiophene rings is 1. The van der Waals surface area contributed by atoms with E-state index in [2.05, 4.69) is 22.1 Å². The highest BCUT2D eigenvalue weighted by molar-refractivity contribution is 7.12. The summed E-state index contributed by atoms with van der Waals surface area (Å²) in [6, 6.07) is 3.02. The normalized spacial score (nSPS) is 27.3. The molecule has 0 bridgehead atoms. The second kappa shape index (κ2) is 7.51. The maximum atomic E-state index is 12.3. The fourth-order valence-corrected chi connectivity index (χ4v) is 4.07. The lowest BCUT2D eigenvalue weighted by atomic mass is 10.1. The van der Waals surface area contributed by atoms with Gasteiger partial charge in [0.15, 0.2) is 0 Å².